The Balaban J connectivity index is 0.967. The third-order valence-corrected chi connectivity index (χ3v) is 15.2. The maximum absolute atomic E-state index is 14.6. The minimum Gasteiger partial charge on any atom is -0.503 e. The number of hydrogen-bond donors (Lipinski definition) is 23. The summed E-state index contributed by atoms with van der Waals surface area (Å²) in [6, 6.07) is 8.59. The van der Waals surface area contributed by atoms with Crippen LogP contribution >= 0.6 is 0 Å². The van der Waals surface area contributed by atoms with Crippen LogP contribution in [0.15, 0.2) is 48.5 Å². The van der Waals surface area contributed by atoms with Gasteiger partial charge in [-0.05, 0) is 61.4 Å². The van der Waals surface area contributed by atoms with Gasteiger partial charge in [0, 0.05) is 13.0 Å². The fourth-order valence-electron chi connectivity index (χ4n) is 10.6. The number of aromatic nitrogens is 4. The number of nitrogens with zero attached hydrogens (tertiary/aromatic N) is 8. The van der Waals surface area contributed by atoms with Crippen molar-refractivity contribution < 1.29 is 145 Å². The number of aromatic hydroxyl groups is 8. The zero-order chi connectivity index (χ0) is 66.6. The number of phenols is 8. The van der Waals surface area contributed by atoms with Crippen molar-refractivity contribution in [3.8, 4) is 68.9 Å². The summed E-state index contributed by atoms with van der Waals surface area (Å²) in [5.74, 6) is -52.5. The molecule has 0 bridgehead atoms. The first-order chi connectivity index (χ1) is 41.7. The number of piperidine rings is 2. The molecule has 2 saturated heterocycles. The van der Waals surface area contributed by atoms with Crippen LogP contribution in [-0.4, -0.2) is 213 Å². The number of benzene rings is 4. The molecule has 90 heavy (non-hydrogen) atoms. The summed E-state index contributed by atoms with van der Waals surface area (Å²) in [7, 11) is 1.30. The van der Waals surface area contributed by atoms with Gasteiger partial charge in [0.1, 0.15) is 45.6 Å². The van der Waals surface area contributed by atoms with Gasteiger partial charge in [0.05, 0.1) is 36.2 Å². The summed E-state index contributed by atoms with van der Waals surface area (Å²) in [5, 5.41) is 234. The van der Waals surface area contributed by atoms with Crippen LogP contribution in [0.3, 0.4) is 0 Å². The molecule has 0 spiro atoms. The zero-order valence-corrected chi connectivity index (χ0v) is 45.3. The SMILES string of the molecule is COc1ccc(-n2nc(C(N)=O)c3c2C(=O)N(c2c(O)c(O)c(N4C(=O)C(O)(O)C(O)(O)C(O)(OCOc5ccc(-n6nc(C(N)=O)c7c6C(=O)N(c6c(O)c(O)c(N8CCCCC8=O)c(O)c6O)C(O)(O)C7(N)O)cc5)C4(O)O)c(O)c2O)CC3(O)O)cc1. The molecule has 4 aliphatic heterocycles. The van der Waals surface area contributed by atoms with Crippen molar-refractivity contribution in [2.45, 2.75) is 60.0 Å². The molecule has 2 aromatic heterocycles. The second kappa shape index (κ2) is 20.3. The van der Waals surface area contributed by atoms with Gasteiger partial charge in [-0.15, -0.1) is 0 Å². The Kier molecular flexibility index (Phi) is 14.1. The quantitative estimate of drug-likeness (QED) is 0.0290. The van der Waals surface area contributed by atoms with E-state index in [-0.39, 0.29) is 29.3 Å². The van der Waals surface area contributed by atoms with E-state index in [0.29, 0.717) is 22.2 Å². The lowest BCUT2D eigenvalue weighted by atomic mass is 9.85. The number of phenolic OH excluding ortho intramolecular Hbond substituents is 8. The molecule has 2 fully saturated rings. The lowest BCUT2D eigenvalue weighted by Gasteiger charge is -2.56. The van der Waals surface area contributed by atoms with Gasteiger partial charge in [-0.3, -0.25) is 39.4 Å². The first-order valence-corrected chi connectivity index (χ1v) is 25.4. The first-order valence-electron chi connectivity index (χ1n) is 25.4. The second-order valence-corrected chi connectivity index (χ2v) is 20.5. The van der Waals surface area contributed by atoms with Gasteiger partial charge in [0.15, 0.2) is 64.2 Å². The van der Waals surface area contributed by atoms with Crippen LogP contribution in [0, 0.1) is 0 Å². The minimum atomic E-state index is -5.11. The highest BCUT2D eigenvalue weighted by molar-refractivity contribution is 6.15. The number of rotatable bonds is 13. The van der Waals surface area contributed by atoms with Crippen molar-refractivity contribution in [1.29, 1.82) is 0 Å². The molecule has 6 aromatic rings. The summed E-state index contributed by atoms with van der Waals surface area (Å²) < 4.78 is 16.3. The number of amides is 6. The highest BCUT2D eigenvalue weighted by Gasteiger charge is 2.83. The normalized spacial score (nSPS) is 21.5. The number of fused-ring (bicyclic) bond motifs is 2. The molecule has 40 heteroatoms. The van der Waals surface area contributed by atoms with Crippen LogP contribution in [0.5, 0.6) is 57.5 Å². The molecule has 0 aliphatic carbocycles. The van der Waals surface area contributed by atoms with Gasteiger partial charge >= 0.3 is 23.4 Å². The van der Waals surface area contributed by atoms with Crippen molar-refractivity contribution in [2.75, 3.05) is 46.6 Å². The maximum Gasteiger partial charge on any atom is 0.317 e. The molecule has 6 amide bonds. The Morgan fingerprint density at radius 2 is 0.989 bits per heavy atom. The summed E-state index contributed by atoms with van der Waals surface area (Å²) in [6.07, 6.45) is 0.560. The predicted octanol–water partition coefficient (Wildman–Crippen LogP) is -7.28. The summed E-state index contributed by atoms with van der Waals surface area (Å²) in [6.45, 7) is -3.52. The predicted molar refractivity (Wildman–Crippen MR) is 283 cm³/mol. The molecular formula is C50H49N11O29. The summed E-state index contributed by atoms with van der Waals surface area (Å²) >= 11 is 0. The molecular weight excluding hydrogens is 1220 g/mol. The van der Waals surface area contributed by atoms with E-state index in [2.05, 4.69) is 10.2 Å². The van der Waals surface area contributed by atoms with Gasteiger partial charge in [0.2, 0.25) is 17.4 Å². The van der Waals surface area contributed by atoms with Gasteiger partial charge in [0.25, 0.3) is 35.3 Å². The third kappa shape index (κ3) is 8.41. The largest absolute Gasteiger partial charge is 0.503 e. The topological polar surface area (TPSA) is 661 Å². The minimum absolute atomic E-state index is 0.0375. The molecule has 2 unspecified atom stereocenters. The van der Waals surface area contributed by atoms with Gasteiger partial charge in [-0.25, -0.2) is 19.2 Å². The molecule has 478 valence electrons. The molecule has 4 aromatic carbocycles. The molecule has 0 saturated carbocycles. The summed E-state index contributed by atoms with van der Waals surface area (Å²) in [4.78, 5) is 80.0. The maximum atomic E-state index is 14.6. The van der Waals surface area contributed by atoms with Crippen LogP contribution in [0.25, 0.3) is 11.4 Å². The van der Waals surface area contributed by atoms with Crippen LogP contribution in [0.4, 0.5) is 22.7 Å². The number of ether oxygens (including phenoxy) is 3. The number of carbonyl (C=O) groups excluding carboxylic acids is 6. The van der Waals surface area contributed by atoms with Gasteiger partial charge in [-0.1, -0.05) is 0 Å². The lowest BCUT2D eigenvalue weighted by Crippen LogP contribution is -2.89. The molecule has 4 aliphatic rings. The van der Waals surface area contributed by atoms with E-state index in [0.717, 1.165) is 29.2 Å². The fraction of sp³-hybridized carbons (Fsp3) is 0.280. The number of β-amino-alcohol motifs (C(OH)–C–C–N with tert-alkyl or cyclic N) is 2. The number of anilines is 4. The van der Waals surface area contributed by atoms with E-state index in [1.54, 1.807) is 0 Å². The molecule has 6 heterocycles. The Morgan fingerprint density at radius 3 is 1.46 bits per heavy atom. The highest BCUT2D eigenvalue weighted by atomic mass is 16.8. The van der Waals surface area contributed by atoms with E-state index >= 15 is 0 Å². The van der Waals surface area contributed by atoms with Crippen molar-refractivity contribution in [3.05, 3.63) is 82.4 Å². The monoisotopic (exact) mass is 1270 g/mol. The van der Waals surface area contributed by atoms with E-state index in [1.807, 2.05) is 0 Å². The van der Waals surface area contributed by atoms with Crippen LogP contribution in [0.1, 0.15) is 72.3 Å². The van der Waals surface area contributed by atoms with E-state index in [9.17, 15) is 131 Å². The standard InChI is InChI=1S/C50H49N11O29/c1-88-18-9-5-16(6-10-18)60-25-21(23(54-60)39(51)71)44(76,77)14-57(41(25)73)28-33(65)37(69)30(38(70)34(28)66)59-43(75)46(79,80)47(81,82)48(83,50(59,86)87)90-15-89-19-11-7-17(8-12-19)61-26-22(24(55-61)40(52)72)45(53,78)49(84,85)58(42(26)74)29-35(67)31(63)27(32(64)36(29)68)56-13-3-2-4-20(56)62/h5-12,63-70,76-87H,2-4,13-15,53H2,1H3,(H2,51,71)(H2,52,72). The number of hydrogen-bond acceptors (Lipinski definition) is 32. The molecule has 2 atom stereocenters. The smallest absolute Gasteiger partial charge is 0.317 e. The highest BCUT2D eigenvalue weighted by Crippen LogP contribution is 2.62. The van der Waals surface area contributed by atoms with Crippen LogP contribution in [-0.2, 0) is 25.8 Å². The van der Waals surface area contributed by atoms with Crippen molar-refractivity contribution >= 4 is 58.2 Å². The number of carbonyl (C=O) groups is 6. The average Bonchev–Trinajstić information content (AvgIpc) is 0.751. The fourth-order valence-corrected chi connectivity index (χ4v) is 10.6. The molecule has 0 radical (unpaired) electrons. The van der Waals surface area contributed by atoms with E-state index < -0.39 is 213 Å². The van der Waals surface area contributed by atoms with Crippen LogP contribution in [0.2, 0.25) is 0 Å². The average molecular weight is 1270 g/mol. The Bertz CT molecular complexity index is 4040. The van der Waals surface area contributed by atoms with Crippen LogP contribution < -0.4 is 46.3 Å². The van der Waals surface area contributed by atoms with E-state index in [1.165, 1.54) is 31.4 Å². The Labute approximate surface area is 496 Å². The lowest BCUT2D eigenvalue weighted by molar-refractivity contribution is -0.517. The first kappa shape index (κ1) is 62.6. The van der Waals surface area contributed by atoms with Crippen molar-refractivity contribution in [3.63, 3.8) is 0 Å². The third-order valence-electron chi connectivity index (χ3n) is 15.2. The van der Waals surface area contributed by atoms with Gasteiger partial charge in [-0.2, -0.15) is 10.2 Å². The molecule has 10 rings (SSSR count). The zero-order valence-electron chi connectivity index (χ0n) is 45.3. The number of nitrogens with two attached hydrogens (primary N) is 3. The van der Waals surface area contributed by atoms with Crippen molar-refractivity contribution in [1.82, 2.24) is 19.6 Å². The number of primary amides is 2. The van der Waals surface area contributed by atoms with Gasteiger partial charge < -0.3 is 133 Å². The number of aliphatic hydroxyl groups is 12. The van der Waals surface area contributed by atoms with Crippen molar-refractivity contribution in [2.24, 2.45) is 17.2 Å². The number of methoxy groups -OCH3 is 1. The molecule has 40 nitrogen and oxygen atoms in total. The Morgan fingerprint density at radius 1 is 0.556 bits per heavy atom. The second-order valence-electron chi connectivity index (χ2n) is 20.5. The summed E-state index contributed by atoms with van der Waals surface area (Å²) in [5.41, 5.74) is 0.120. The molecule has 26 N–H and O–H groups in total. The Hall–Kier alpha value is -10.4. The van der Waals surface area contributed by atoms with E-state index in [4.69, 9.17) is 31.4 Å².